The highest BCUT2D eigenvalue weighted by molar-refractivity contribution is 6.09. The number of nitrogens with zero attached hydrogens (tertiary/aromatic N) is 1. The normalized spacial score (nSPS) is 35.5. The van der Waals surface area contributed by atoms with Crippen molar-refractivity contribution in [2.24, 2.45) is 5.10 Å². The maximum Gasteiger partial charge on any atom is 0.339 e. The van der Waals surface area contributed by atoms with Crippen molar-refractivity contribution in [1.82, 2.24) is 16.1 Å². The van der Waals surface area contributed by atoms with Crippen molar-refractivity contribution in [2.45, 2.75) is 24.9 Å². The molecule has 3 heterocycles. The van der Waals surface area contributed by atoms with Crippen molar-refractivity contribution >= 4 is 11.7 Å². The summed E-state index contributed by atoms with van der Waals surface area (Å²) in [5, 5.41) is 10.2. The van der Waals surface area contributed by atoms with Gasteiger partial charge in [0.2, 0.25) is 0 Å². The number of urea groups is 1. The fourth-order valence-corrected chi connectivity index (χ4v) is 2.10. The standard InChI is InChI=1S/C8H10N4O/c13-8-10-6-3-4-1-2-5(9-4)7(6)11-12-8/h3-5,9H,1-2H2,(H2,10,12,13)/t4?,5-/m0/s1. The minimum Gasteiger partial charge on any atom is -0.305 e. The highest BCUT2D eigenvalue weighted by Crippen LogP contribution is 2.23. The lowest BCUT2D eigenvalue weighted by atomic mass is 10.1. The molecule has 5 nitrogen and oxygen atoms in total. The van der Waals surface area contributed by atoms with E-state index in [4.69, 9.17) is 0 Å². The third-order valence-electron chi connectivity index (χ3n) is 2.68. The Morgan fingerprint density at radius 3 is 3.31 bits per heavy atom. The van der Waals surface area contributed by atoms with Crippen LogP contribution in [-0.4, -0.2) is 23.8 Å². The van der Waals surface area contributed by atoms with Gasteiger partial charge in [0.15, 0.2) is 0 Å². The zero-order valence-corrected chi connectivity index (χ0v) is 7.00. The molecule has 0 radical (unpaired) electrons. The predicted octanol–water partition coefficient (Wildman–Crippen LogP) is -0.327. The van der Waals surface area contributed by atoms with Crippen molar-refractivity contribution in [3.63, 3.8) is 0 Å². The smallest absolute Gasteiger partial charge is 0.305 e. The molecule has 3 aliphatic rings. The lowest BCUT2D eigenvalue weighted by molar-refractivity contribution is 0.243. The molecule has 1 unspecified atom stereocenters. The zero-order chi connectivity index (χ0) is 8.84. The molecule has 1 saturated heterocycles. The van der Waals surface area contributed by atoms with Gasteiger partial charge in [-0.3, -0.25) is 0 Å². The van der Waals surface area contributed by atoms with Gasteiger partial charge in [0, 0.05) is 6.04 Å². The molecule has 0 saturated carbocycles. The van der Waals surface area contributed by atoms with Gasteiger partial charge in [-0.2, -0.15) is 5.10 Å². The van der Waals surface area contributed by atoms with Crippen LogP contribution in [0.25, 0.3) is 0 Å². The lowest BCUT2D eigenvalue weighted by Gasteiger charge is -2.26. The average molecular weight is 178 g/mol. The van der Waals surface area contributed by atoms with Crippen LogP contribution >= 0.6 is 0 Å². The Labute approximate surface area is 75.3 Å². The maximum atomic E-state index is 11.0. The van der Waals surface area contributed by atoms with Crippen LogP contribution in [0.2, 0.25) is 0 Å². The van der Waals surface area contributed by atoms with Crippen molar-refractivity contribution in [2.75, 3.05) is 0 Å². The van der Waals surface area contributed by atoms with Gasteiger partial charge in [0.25, 0.3) is 0 Å². The summed E-state index contributed by atoms with van der Waals surface area (Å²) in [6, 6.07) is 0.492. The third-order valence-corrected chi connectivity index (χ3v) is 2.68. The molecular formula is C8H10N4O. The van der Waals surface area contributed by atoms with Crippen LogP contribution in [-0.2, 0) is 0 Å². The van der Waals surface area contributed by atoms with Gasteiger partial charge in [-0.25, -0.2) is 10.2 Å². The first-order valence-corrected chi connectivity index (χ1v) is 4.46. The number of hydrazone groups is 1. The number of carbonyl (C=O) groups is 1. The topological polar surface area (TPSA) is 65.5 Å². The second-order valence-corrected chi connectivity index (χ2v) is 3.55. The van der Waals surface area contributed by atoms with Crippen LogP contribution < -0.4 is 16.1 Å². The van der Waals surface area contributed by atoms with Crippen LogP contribution in [0.15, 0.2) is 16.9 Å². The average Bonchev–Trinajstić information content (AvgIpc) is 2.48. The fraction of sp³-hybridized carbons (Fsp3) is 0.500. The minimum atomic E-state index is -0.240. The Morgan fingerprint density at radius 1 is 1.46 bits per heavy atom. The maximum absolute atomic E-state index is 11.0. The Bertz CT molecular complexity index is 333. The molecular weight excluding hydrogens is 168 g/mol. The number of fused-ring (bicyclic) bond motifs is 4. The summed E-state index contributed by atoms with van der Waals surface area (Å²) in [6.07, 6.45) is 4.27. The largest absolute Gasteiger partial charge is 0.339 e. The van der Waals surface area contributed by atoms with E-state index in [1.807, 2.05) is 6.08 Å². The van der Waals surface area contributed by atoms with Crippen LogP contribution in [0.1, 0.15) is 12.8 Å². The second kappa shape index (κ2) is 2.32. The van der Waals surface area contributed by atoms with Crippen LogP contribution in [0.5, 0.6) is 0 Å². The van der Waals surface area contributed by atoms with Crippen molar-refractivity contribution in [3.8, 4) is 0 Å². The molecule has 0 aliphatic carbocycles. The van der Waals surface area contributed by atoms with Crippen LogP contribution in [0, 0.1) is 0 Å². The van der Waals surface area contributed by atoms with E-state index in [0.717, 1.165) is 24.3 Å². The predicted molar refractivity (Wildman–Crippen MR) is 47.1 cm³/mol. The molecule has 0 aromatic carbocycles. The highest BCUT2D eigenvalue weighted by Gasteiger charge is 2.35. The summed E-state index contributed by atoms with van der Waals surface area (Å²) in [4.78, 5) is 11.0. The molecule has 1 fully saturated rings. The van der Waals surface area contributed by atoms with E-state index in [1.165, 1.54) is 0 Å². The summed E-state index contributed by atoms with van der Waals surface area (Å²) in [6.45, 7) is 0. The number of hydrogen-bond acceptors (Lipinski definition) is 3. The zero-order valence-electron chi connectivity index (χ0n) is 7.00. The van der Waals surface area contributed by atoms with Gasteiger partial charge in [-0.05, 0) is 18.9 Å². The fourth-order valence-electron chi connectivity index (χ4n) is 2.10. The van der Waals surface area contributed by atoms with E-state index >= 15 is 0 Å². The summed E-state index contributed by atoms with van der Waals surface area (Å²) in [7, 11) is 0. The number of amides is 2. The van der Waals surface area contributed by atoms with Gasteiger partial charge in [-0.1, -0.05) is 0 Å². The Balaban J connectivity index is 2.04. The first-order chi connectivity index (χ1) is 6.33. The van der Waals surface area contributed by atoms with E-state index in [-0.39, 0.29) is 6.03 Å². The summed E-state index contributed by atoms with van der Waals surface area (Å²) < 4.78 is 0. The van der Waals surface area contributed by atoms with E-state index in [0.29, 0.717) is 12.1 Å². The van der Waals surface area contributed by atoms with Crippen molar-refractivity contribution < 1.29 is 4.79 Å². The molecule has 0 aromatic rings. The molecule has 68 valence electrons. The van der Waals surface area contributed by atoms with Gasteiger partial charge >= 0.3 is 6.03 Å². The lowest BCUT2D eigenvalue weighted by Crippen LogP contribution is -2.50. The Hall–Kier alpha value is -1.36. The van der Waals surface area contributed by atoms with Crippen molar-refractivity contribution in [3.05, 3.63) is 11.8 Å². The first kappa shape index (κ1) is 7.08. The van der Waals surface area contributed by atoms with Gasteiger partial charge in [-0.15, -0.1) is 0 Å². The summed E-state index contributed by atoms with van der Waals surface area (Å²) in [5.41, 5.74) is 4.24. The third kappa shape index (κ3) is 0.968. The number of hydrogen-bond donors (Lipinski definition) is 3. The molecule has 3 N–H and O–H groups in total. The molecule has 5 heteroatoms. The highest BCUT2D eigenvalue weighted by atomic mass is 16.2. The van der Waals surface area contributed by atoms with Crippen LogP contribution in [0.4, 0.5) is 4.79 Å². The summed E-state index contributed by atoms with van der Waals surface area (Å²) in [5.74, 6) is 0. The van der Waals surface area contributed by atoms with Crippen LogP contribution in [0.3, 0.4) is 0 Å². The van der Waals surface area contributed by atoms with Gasteiger partial charge in [0.05, 0.1) is 11.7 Å². The van der Waals surface area contributed by atoms with E-state index in [9.17, 15) is 4.79 Å². The van der Waals surface area contributed by atoms with Crippen molar-refractivity contribution in [1.29, 1.82) is 0 Å². The first-order valence-electron chi connectivity index (χ1n) is 4.46. The van der Waals surface area contributed by atoms with E-state index in [2.05, 4.69) is 21.2 Å². The molecule has 2 atom stereocenters. The monoisotopic (exact) mass is 178 g/mol. The SMILES string of the molecule is O=C1NN=C2C(=CC3CC[C@@H]2N3)N1. The minimum absolute atomic E-state index is 0.240. The Kier molecular flexibility index (Phi) is 1.26. The number of carbonyl (C=O) groups excluding carboxylic acids is 1. The van der Waals surface area contributed by atoms with Gasteiger partial charge in [0.1, 0.15) is 5.71 Å². The second-order valence-electron chi connectivity index (χ2n) is 3.55. The quantitative estimate of drug-likeness (QED) is 0.475. The van der Waals surface area contributed by atoms with Gasteiger partial charge < -0.3 is 10.6 Å². The van der Waals surface area contributed by atoms with E-state index in [1.54, 1.807) is 0 Å². The molecule has 3 rings (SSSR count). The number of rotatable bonds is 0. The molecule has 3 aliphatic heterocycles. The molecule has 0 aromatic heterocycles. The molecule has 2 amide bonds. The van der Waals surface area contributed by atoms with E-state index < -0.39 is 0 Å². The summed E-state index contributed by atoms with van der Waals surface area (Å²) >= 11 is 0. The molecule has 2 bridgehead atoms. The Morgan fingerprint density at radius 2 is 2.38 bits per heavy atom. The molecule has 0 spiro atoms. The molecule has 13 heavy (non-hydrogen) atoms. The number of nitrogens with one attached hydrogen (secondary N) is 3.